The number of benzene rings is 1. The zero-order chi connectivity index (χ0) is 16.1. The molecule has 0 bridgehead atoms. The number of aliphatic hydroxyl groups is 2. The molecule has 1 atom stereocenters. The Morgan fingerprint density at radius 1 is 1.27 bits per heavy atom. The van der Waals surface area contributed by atoms with Crippen LogP contribution >= 0.6 is 0 Å². The van der Waals surface area contributed by atoms with Gasteiger partial charge in [-0.25, -0.2) is 4.39 Å². The Hall–Kier alpha value is -1.76. The van der Waals surface area contributed by atoms with Gasteiger partial charge in [-0.2, -0.15) is 5.10 Å². The number of rotatable bonds is 7. The standard InChI is InChI=1S/C16H22FN3O2/c1-11-15(12(2)20(19-11)7-8-21)9-18-10-16(22)13-3-5-14(17)6-4-13/h3-6,16,18,21-22H,7-10H2,1-2H3/t16-/m0/s1. The first kappa shape index (κ1) is 16.6. The highest BCUT2D eigenvalue weighted by molar-refractivity contribution is 5.24. The van der Waals surface area contributed by atoms with E-state index in [9.17, 15) is 9.50 Å². The fourth-order valence-electron chi connectivity index (χ4n) is 2.44. The molecule has 0 aliphatic heterocycles. The highest BCUT2D eigenvalue weighted by atomic mass is 19.1. The molecule has 2 rings (SSSR count). The van der Waals surface area contributed by atoms with E-state index >= 15 is 0 Å². The molecular weight excluding hydrogens is 285 g/mol. The molecule has 0 fully saturated rings. The molecule has 22 heavy (non-hydrogen) atoms. The first-order valence-electron chi connectivity index (χ1n) is 7.31. The predicted molar refractivity (Wildman–Crippen MR) is 81.9 cm³/mol. The number of aliphatic hydroxyl groups excluding tert-OH is 2. The maximum Gasteiger partial charge on any atom is 0.123 e. The summed E-state index contributed by atoms with van der Waals surface area (Å²) in [6, 6.07) is 5.84. The number of nitrogens with one attached hydrogen (secondary N) is 1. The average molecular weight is 307 g/mol. The van der Waals surface area contributed by atoms with Crippen molar-refractivity contribution >= 4 is 0 Å². The van der Waals surface area contributed by atoms with E-state index in [1.165, 1.54) is 12.1 Å². The summed E-state index contributed by atoms with van der Waals surface area (Å²) in [5.41, 5.74) is 3.67. The Labute approximate surface area is 129 Å². The molecule has 1 aromatic heterocycles. The van der Waals surface area contributed by atoms with E-state index in [0.29, 0.717) is 25.2 Å². The number of halogens is 1. The lowest BCUT2D eigenvalue weighted by atomic mass is 10.1. The van der Waals surface area contributed by atoms with Gasteiger partial charge in [0.2, 0.25) is 0 Å². The number of aromatic nitrogens is 2. The zero-order valence-corrected chi connectivity index (χ0v) is 12.9. The number of hydrogen-bond acceptors (Lipinski definition) is 4. The molecule has 5 nitrogen and oxygen atoms in total. The maximum atomic E-state index is 12.9. The molecule has 120 valence electrons. The predicted octanol–water partition coefficient (Wildman–Crippen LogP) is 1.45. The number of nitrogens with zero attached hydrogens (tertiary/aromatic N) is 2. The van der Waals surface area contributed by atoms with Crippen LogP contribution in [0.3, 0.4) is 0 Å². The van der Waals surface area contributed by atoms with Gasteiger partial charge in [0.15, 0.2) is 0 Å². The van der Waals surface area contributed by atoms with Gasteiger partial charge in [0, 0.05) is 24.3 Å². The normalized spacial score (nSPS) is 12.6. The Kier molecular flexibility index (Phi) is 5.65. The van der Waals surface area contributed by atoms with Gasteiger partial charge in [-0.15, -0.1) is 0 Å². The molecule has 0 radical (unpaired) electrons. The van der Waals surface area contributed by atoms with Crippen molar-refractivity contribution in [1.29, 1.82) is 0 Å². The van der Waals surface area contributed by atoms with E-state index in [2.05, 4.69) is 10.4 Å². The van der Waals surface area contributed by atoms with Crippen molar-refractivity contribution in [1.82, 2.24) is 15.1 Å². The van der Waals surface area contributed by atoms with E-state index < -0.39 is 6.10 Å². The van der Waals surface area contributed by atoms with Crippen LogP contribution in [0.2, 0.25) is 0 Å². The van der Waals surface area contributed by atoms with Gasteiger partial charge in [-0.05, 0) is 31.5 Å². The van der Waals surface area contributed by atoms with Gasteiger partial charge in [-0.3, -0.25) is 4.68 Å². The Morgan fingerprint density at radius 3 is 2.59 bits per heavy atom. The van der Waals surface area contributed by atoms with Gasteiger partial charge in [0.05, 0.1) is 24.9 Å². The van der Waals surface area contributed by atoms with Crippen LogP contribution in [0.25, 0.3) is 0 Å². The lowest BCUT2D eigenvalue weighted by Gasteiger charge is -2.12. The topological polar surface area (TPSA) is 70.3 Å². The van der Waals surface area contributed by atoms with Gasteiger partial charge in [0.25, 0.3) is 0 Å². The van der Waals surface area contributed by atoms with Crippen molar-refractivity contribution in [3.8, 4) is 0 Å². The van der Waals surface area contributed by atoms with Crippen molar-refractivity contribution < 1.29 is 14.6 Å². The molecular formula is C16H22FN3O2. The minimum absolute atomic E-state index is 0.0537. The molecule has 1 aromatic carbocycles. The second-order valence-electron chi connectivity index (χ2n) is 5.29. The van der Waals surface area contributed by atoms with Gasteiger partial charge < -0.3 is 15.5 Å². The SMILES string of the molecule is Cc1nn(CCO)c(C)c1CNC[C@H](O)c1ccc(F)cc1. The van der Waals surface area contributed by atoms with Crippen molar-refractivity contribution in [2.24, 2.45) is 0 Å². The van der Waals surface area contributed by atoms with Gasteiger partial charge in [0.1, 0.15) is 5.82 Å². The third kappa shape index (κ3) is 3.91. The molecule has 0 unspecified atom stereocenters. The molecule has 0 aliphatic rings. The summed E-state index contributed by atoms with van der Waals surface area (Å²) in [5.74, 6) is -0.313. The maximum absolute atomic E-state index is 12.9. The van der Waals surface area contributed by atoms with Gasteiger partial charge in [-0.1, -0.05) is 12.1 Å². The summed E-state index contributed by atoms with van der Waals surface area (Å²) in [6.07, 6.45) is -0.686. The van der Waals surface area contributed by atoms with Crippen molar-refractivity contribution in [2.45, 2.75) is 33.0 Å². The van der Waals surface area contributed by atoms with Crippen molar-refractivity contribution in [3.05, 3.63) is 52.6 Å². The van der Waals surface area contributed by atoms with Crippen LogP contribution in [0.5, 0.6) is 0 Å². The van der Waals surface area contributed by atoms with E-state index in [-0.39, 0.29) is 12.4 Å². The van der Waals surface area contributed by atoms with Crippen LogP contribution in [-0.2, 0) is 13.1 Å². The largest absolute Gasteiger partial charge is 0.394 e. The molecule has 0 saturated carbocycles. The molecule has 0 aliphatic carbocycles. The summed E-state index contributed by atoms with van der Waals surface area (Å²) in [4.78, 5) is 0. The second-order valence-corrected chi connectivity index (χ2v) is 5.29. The van der Waals surface area contributed by atoms with E-state index in [4.69, 9.17) is 5.11 Å². The molecule has 6 heteroatoms. The highest BCUT2D eigenvalue weighted by Crippen LogP contribution is 2.15. The summed E-state index contributed by atoms with van der Waals surface area (Å²) < 4.78 is 14.6. The van der Waals surface area contributed by atoms with Crippen LogP contribution in [-0.4, -0.2) is 33.1 Å². The summed E-state index contributed by atoms with van der Waals surface area (Å²) in [7, 11) is 0. The van der Waals surface area contributed by atoms with Crippen LogP contribution in [0.4, 0.5) is 4.39 Å². The summed E-state index contributed by atoms with van der Waals surface area (Å²) in [5, 5.41) is 26.7. The Morgan fingerprint density at radius 2 is 1.95 bits per heavy atom. The number of hydrogen-bond donors (Lipinski definition) is 3. The van der Waals surface area contributed by atoms with E-state index in [1.54, 1.807) is 16.8 Å². The summed E-state index contributed by atoms with van der Waals surface area (Å²) >= 11 is 0. The third-order valence-corrected chi connectivity index (χ3v) is 3.74. The van der Waals surface area contributed by atoms with Crippen LogP contribution < -0.4 is 5.32 Å². The third-order valence-electron chi connectivity index (χ3n) is 3.74. The fourth-order valence-corrected chi connectivity index (χ4v) is 2.44. The lowest BCUT2D eigenvalue weighted by molar-refractivity contribution is 0.174. The quantitative estimate of drug-likeness (QED) is 0.724. The molecule has 3 N–H and O–H groups in total. The molecule has 0 amide bonds. The van der Waals surface area contributed by atoms with Crippen molar-refractivity contribution in [3.63, 3.8) is 0 Å². The Bertz CT molecular complexity index is 611. The summed E-state index contributed by atoms with van der Waals surface area (Å²) in [6.45, 7) is 5.37. The number of aryl methyl sites for hydroxylation is 1. The van der Waals surface area contributed by atoms with Crippen molar-refractivity contribution in [2.75, 3.05) is 13.2 Å². The minimum atomic E-state index is -0.686. The van der Waals surface area contributed by atoms with Crippen LogP contribution in [0, 0.1) is 19.7 Å². The van der Waals surface area contributed by atoms with E-state index in [1.807, 2.05) is 13.8 Å². The highest BCUT2D eigenvalue weighted by Gasteiger charge is 2.12. The fraction of sp³-hybridized carbons (Fsp3) is 0.438. The van der Waals surface area contributed by atoms with Crippen LogP contribution in [0.15, 0.2) is 24.3 Å². The molecule has 0 saturated heterocycles. The van der Waals surface area contributed by atoms with Gasteiger partial charge >= 0.3 is 0 Å². The molecule has 2 aromatic rings. The lowest BCUT2D eigenvalue weighted by Crippen LogP contribution is -2.21. The first-order chi connectivity index (χ1) is 10.5. The Balaban J connectivity index is 1.92. The zero-order valence-electron chi connectivity index (χ0n) is 12.9. The average Bonchev–Trinajstić information content (AvgIpc) is 2.75. The first-order valence-corrected chi connectivity index (χ1v) is 7.31. The molecule has 0 spiro atoms. The molecule has 1 heterocycles. The minimum Gasteiger partial charge on any atom is -0.394 e. The smallest absolute Gasteiger partial charge is 0.123 e. The van der Waals surface area contributed by atoms with E-state index in [0.717, 1.165) is 17.0 Å². The van der Waals surface area contributed by atoms with Crippen LogP contribution in [0.1, 0.15) is 28.6 Å². The second kappa shape index (κ2) is 7.49. The monoisotopic (exact) mass is 307 g/mol.